The van der Waals surface area contributed by atoms with Crippen LogP contribution in [0.5, 0.6) is 0 Å². The molecular weight excluding hydrogens is 206 g/mol. The van der Waals surface area contributed by atoms with Gasteiger partial charge in [0, 0.05) is 18.7 Å². The van der Waals surface area contributed by atoms with E-state index in [-0.39, 0.29) is 23.9 Å². The summed E-state index contributed by atoms with van der Waals surface area (Å²) in [4.78, 5) is 11.9. The van der Waals surface area contributed by atoms with E-state index in [1.807, 2.05) is 16.8 Å². The quantitative estimate of drug-likeness (QED) is 0.542. The van der Waals surface area contributed by atoms with Crippen molar-refractivity contribution in [3.05, 3.63) is 24.0 Å². The van der Waals surface area contributed by atoms with E-state index in [4.69, 9.17) is 5.73 Å². The number of amides is 1. The number of fused-ring (bicyclic) bond motifs is 2. The number of aliphatic hydroxyl groups excluding tert-OH is 1. The fraction of sp³-hybridized carbons (Fsp3) is 0.545. The van der Waals surface area contributed by atoms with Gasteiger partial charge in [-0.2, -0.15) is 0 Å². The van der Waals surface area contributed by atoms with E-state index in [1.165, 1.54) is 0 Å². The fourth-order valence-electron chi connectivity index (χ4n) is 2.83. The Bertz CT molecular complexity index is 429. The van der Waals surface area contributed by atoms with Crippen LogP contribution in [0.4, 0.5) is 0 Å². The molecule has 2 heterocycles. The van der Waals surface area contributed by atoms with Crippen LogP contribution in [0, 0.1) is 5.92 Å². The highest BCUT2D eigenvalue weighted by Gasteiger charge is 2.43. The number of aliphatic hydroxyl groups is 1. The number of carbonyl (C=O) groups is 1. The van der Waals surface area contributed by atoms with Crippen molar-refractivity contribution in [2.45, 2.75) is 31.2 Å². The molecule has 1 aliphatic heterocycles. The van der Waals surface area contributed by atoms with Gasteiger partial charge in [0.15, 0.2) is 0 Å². The molecule has 5 heteroatoms. The Labute approximate surface area is 93.2 Å². The third-order valence-electron chi connectivity index (χ3n) is 3.70. The Hall–Kier alpha value is -1.33. The maximum absolute atomic E-state index is 11.9. The maximum Gasteiger partial charge on any atom is 0.268 e. The smallest absolute Gasteiger partial charge is 0.268 e. The summed E-state index contributed by atoms with van der Waals surface area (Å²) in [7, 11) is 0. The van der Waals surface area contributed by atoms with Gasteiger partial charge in [0.25, 0.3) is 5.91 Å². The minimum atomic E-state index is -0.507. The molecule has 4 atom stereocenters. The van der Waals surface area contributed by atoms with Gasteiger partial charge in [-0.1, -0.05) is 0 Å². The molecule has 0 saturated heterocycles. The normalized spacial score (nSPS) is 37.5. The van der Waals surface area contributed by atoms with Crippen molar-refractivity contribution in [2.75, 3.05) is 0 Å². The van der Waals surface area contributed by atoms with Gasteiger partial charge in [-0.15, -0.1) is 0 Å². The van der Waals surface area contributed by atoms with Crippen molar-refractivity contribution in [3.63, 3.8) is 0 Å². The molecule has 0 bridgehead atoms. The molecule has 1 aliphatic carbocycles. The van der Waals surface area contributed by atoms with Crippen LogP contribution in [0.1, 0.15) is 16.9 Å². The molecule has 1 saturated carbocycles. The van der Waals surface area contributed by atoms with E-state index in [0.717, 1.165) is 6.54 Å². The van der Waals surface area contributed by atoms with Gasteiger partial charge < -0.3 is 20.7 Å². The lowest BCUT2D eigenvalue weighted by molar-refractivity contribution is 0.0921. The second-order valence-corrected chi connectivity index (χ2v) is 4.69. The first kappa shape index (κ1) is 9.86. The Kier molecular flexibility index (Phi) is 2.05. The van der Waals surface area contributed by atoms with Gasteiger partial charge in [0.1, 0.15) is 5.69 Å². The van der Waals surface area contributed by atoms with Crippen LogP contribution in [-0.4, -0.2) is 33.8 Å². The van der Waals surface area contributed by atoms with E-state index >= 15 is 0 Å². The number of nitrogens with two attached hydrogens (primary N) is 1. The van der Waals surface area contributed by atoms with Crippen molar-refractivity contribution in [3.8, 4) is 0 Å². The summed E-state index contributed by atoms with van der Waals surface area (Å²) in [6.07, 6.45) is 2.05. The molecule has 16 heavy (non-hydrogen) atoms. The van der Waals surface area contributed by atoms with Gasteiger partial charge in [0.2, 0.25) is 0 Å². The summed E-state index contributed by atoms with van der Waals surface area (Å²) in [6.45, 7) is 0.747. The van der Waals surface area contributed by atoms with Crippen LogP contribution < -0.4 is 11.1 Å². The molecule has 0 radical (unpaired) electrons. The van der Waals surface area contributed by atoms with Crippen LogP contribution in [0.15, 0.2) is 18.3 Å². The predicted molar refractivity (Wildman–Crippen MR) is 57.8 cm³/mol. The fourth-order valence-corrected chi connectivity index (χ4v) is 2.83. The topological polar surface area (TPSA) is 80.3 Å². The first-order chi connectivity index (χ1) is 7.66. The first-order valence-electron chi connectivity index (χ1n) is 5.56. The molecule has 0 aromatic carbocycles. The number of hydrogen-bond donors (Lipinski definition) is 3. The number of carbonyl (C=O) groups excluding carboxylic acids is 1. The van der Waals surface area contributed by atoms with E-state index in [0.29, 0.717) is 12.1 Å². The molecule has 1 aromatic heterocycles. The second kappa shape index (κ2) is 3.33. The van der Waals surface area contributed by atoms with Gasteiger partial charge in [-0.05, 0) is 18.6 Å². The number of aromatic nitrogens is 1. The van der Waals surface area contributed by atoms with Crippen LogP contribution in [0.3, 0.4) is 0 Å². The Balaban J connectivity index is 1.96. The van der Waals surface area contributed by atoms with E-state index in [2.05, 4.69) is 5.32 Å². The van der Waals surface area contributed by atoms with Crippen LogP contribution in [0.2, 0.25) is 0 Å². The molecule has 3 rings (SSSR count). The minimum Gasteiger partial charge on any atom is -0.391 e. The SMILES string of the molecule is N[C@H]1[C@@H]2NC(=O)c3cccn3C[C@@H]2C[C@H]1O. The number of nitrogens with zero attached hydrogens (tertiary/aromatic N) is 1. The van der Waals surface area contributed by atoms with Crippen molar-refractivity contribution in [1.82, 2.24) is 9.88 Å². The average molecular weight is 221 g/mol. The van der Waals surface area contributed by atoms with Crippen molar-refractivity contribution in [2.24, 2.45) is 11.7 Å². The summed E-state index contributed by atoms with van der Waals surface area (Å²) < 4.78 is 1.94. The molecule has 2 aliphatic rings. The summed E-state index contributed by atoms with van der Waals surface area (Å²) in [5.41, 5.74) is 6.57. The summed E-state index contributed by atoms with van der Waals surface area (Å²) in [5.74, 6) is 0.129. The Morgan fingerprint density at radius 2 is 2.38 bits per heavy atom. The summed E-state index contributed by atoms with van der Waals surface area (Å²) >= 11 is 0. The minimum absolute atomic E-state index is 0.0953. The third kappa shape index (κ3) is 1.28. The molecule has 1 fully saturated rings. The lowest BCUT2D eigenvalue weighted by Gasteiger charge is -2.20. The van der Waals surface area contributed by atoms with Crippen molar-refractivity contribution >= 4 is 5.91 Å². The molecule has 0 unspecified atom stereocenters. The summed E-state index contributed by atoms with van der Waals surface area (Å²) in [5, 5.41) is 12.6. The molecule has 1 aromatic rings. The van der Waals surface area contributed by atoms with E-state index in [9.17, 15) is 9.90 Å². The lowest BCUT2D eigenvalue weighted by atomic mass is 10.0. The van der Waals surface area contributed by atoms with Gasteiger partial charge in [0.05, 0.1) is 18.2 Å². The molecule has 86 valence electrons. The standard InChI is InChI=1S/C11H15N3O2/c12-9-8(15)4-6-5-14-3-1-2-7(14)11(16)13-10(6)9/h1-3,6,8-10,15H,4-5,12H2,(H,13,16)/t6-,8+,9+,10+/m0/s1. The predicted octanol–water partition coefficient (Wildman–Crippen LogP) is -0.692. The number of rotatable bonds is 0. The van der Waals surface area contributed by atoms with Crippen LogP contribution >= 0.6 is 0 Å². The number of hydrogen-bond acceptors (Lipinski definition) is 3. The lowest BCUT2D eigenvalue weighted by Crippen LogP contribution is -2.49. The molecule has 0 spiro atoms. The van der Waals surface area contributed by atoms with Gasteiger partial charge in [-0.25, -0.2) is 0 Å². The largest absolute Gasteiger partial charge is 0.391 e. The molecule has 4 N–H and O–H groups in total. The zero-order valence-electron chi connectivity index (χ0n) is 8.84. The monoisotopic (exact) mass is 221 g/mol. The van der Waals surface area contributed by atoms with E-state index in [1.54, 1.807) is 6.07 Å². The third-order valence-corrected chi connectivity index (χ3v) is 3.70. The molecule has 1 amide bonds. The first-order valence-corrected chi connectivity index (χ1v) is 5.56. The summed E-state index contributed by atoms with van der Waals surface area (Å²) in [6, 6.07) is 3.21. The van der Waals surface area contributed by atoms with Crippen LogP contribution in [-0.2, 0) is 6.54 Å². The van der Waals surface area contributed by atoms with Gasteiger partial charge in [-0.3, -0.25) is 4.79 Å². The molecule has 5 nitrogen and oxygen atoms in total. The molecular formula is C11H15N3O2. The zero-order valence-corrected chi connectivity index (χ0v) is 8.84. The highest BCUT2D eigenvalue weighted by molar-refractivity contribution is 5.93. The van der Waals surface area contributed by atoms with E-state index < -0.39 is 6.10 Å². The average Bonchev–Trinajstić information content (AvgIpc) is 2.76. The van der Waals surface area contributed by atoms with Crippen molar-refractivity contribution in [1.29, 1.82) is 0 Å². The van der Waals surface area contributed by atoms with Gasteiger partial charge >= 0.3 is 0 Å². The maximum atomic E-state index is 11.9. The Morgan fingerprint density at radius 1 is 1.56 bits per heavy atom. The zero-order chi connectivity index (χ0) is 11.3. The Morgan fingerprint density at radius 3 is 3.19 bits per heavy atom. The highest BCUT2D eigenvalue weighted by atomic mass is 16.3. The highest BCUT2D eigenvalue weighted by Crippen LogP contribution is 2.29. The second-order valence-electron chi connectivity index (χ2n) is 4.69. The number of nitrogens with one attached hydrogen (secondary N) is 1. The van der Waals surface area contributed by atoms with Crippen molar-refractivity contribution < 1.29 is 9.90 Å². The van der Waals surface area contributed by atoms with Crippen LogP contribution in [0.25, 0.3) is 0 Å².